The molecule has 0 spiro atoms. The maximum Gasteiger partial charge on any atom is -0.00923 e. The van der Waals surface area contributed by atoms with Crippen LogP contribution in [0.15, 0.2) is 11.1 Å². The molecule has 30 aliphatic rings. The number of hydrogen-bond donors (Lipinski definition) is 1. The molecule has 48 unspecified atom stereocenters. The molecule has 28 saturated carbocycles. The number of allylic oxidation sites excluding steroid dienone is 2. The van der Waals surface area contributed by atoms with Crippen molar-refractivity contribution >= 4 is 12.6 Å². The molecular formula is C70H86S. The third-order valence-corrected chi connectivity index (χ3v) is 39.9. The minimum absolute atomic E-state index is 0.790. The molecule has 0 N–H and O–H groups in total. The number of hydrogen-bond acceptors (Lipinski definition) is 1. The lowest BCUT2D eigenvalue weighted by atomic mass is 9.06. The Morgan fingerprint density at radius 3 is 1.39 bits per heavy atom. The lowest BCUT2D eigenvalue weighted by Crippen LogP contribution is -2.95. The first-order valence-corrected chi connectivity index (χ1v) is 35.1. The molecule has 48 atom stereocenters. The Morgan fingerprint density at radius 1 is 0.366 bits per heavy atom. The summed E-state index contributed by atoms with van der Waals surface area (Å²) in [5.74, 6) is 63.9. The van der Waals surface area contributed by atoms with E-state index >= 15 is 0 Å². The van der Waals surface area contributed by atoms with Gasteiger partial charge in [-0.3, -0.25) is 0 Å². The summed E-state index contributed by atoms with van der Waals surface area (Å²) in [5.41, 5.74) is 4.92. The molecule has 71 heavy (non-hydrogen) atoms. The molecule has 0 amide bonds. The van der Waals surface area contributed by atoms with E-state index in [2.05, 4.69) is 25.0 Å². The fourth-order valence-corrected chi connectivity index (χ4v) is 40.1. The molecule has 0 heterocycles. The first-order chi connectivity index (χ1) is 35.2. The molecule has 1 heteroatoms. The van der Waals surface area contributed by atoms with Crippen molar-refractivity contribution in [1.82, 2.24) is 0 Å². The molecular weight excluding hydrogens is 873 g/mol. The number of thiol groups is 1. The smallest absolute Gasteiger partial charge is 0.00923 e. The van der Waals surface area contributed by atoms with E-state index in [-0.39, 0.29) is 0 Å². The topological polar surface area (TPSA) is 0 Å². The van der Waals surface area contributed by atoms with Crippen molar-refractivity contribution in [3.8, 4) is 0 Å². The largest absolute Gasteiger partial charge is 0.179 e. The SMILES string of the molecule is CCCC1CC2C1C1C2C2C3C4C5CC6C(CC65)C5CC(C5)C5C(C6CC(C6)C4C3C12)C1(CCS)C2C3C4C6C7C8C9C(C)C%10C(C9C8C7C6C4C3C2C51)C1C%10C2C3C4C5C6C7=C(CCC7)C6C5C4C3C12. The Balaban J connectivity index is 0.477. The second-order valence-corrected chi connectivity index (χ2v) is 37.2. The molecule has 0 aromatic heterocycles. The van der Waals surface area contributed by atoms with Crippen LogP contribution in [0.4, 0.5) is 0 Å². The van der Waals surface area contributed by atoms with Gasteiger partial charge < -0.3 is 0 Å². The Labute approximate surface area is 431 Å². The van der Waals surface area contributed by atoms with Crippen LogP contribution in [-0.4, -0.2) is 5.75 Å². The summed E-state index contributed by atoms with van der Waals surface area (Å²) in [4.78, 5) is 0. The van der Waals surface area contributed by atoms with E-state index in [4.69, 9.17) is 12.6 Å². The minimum atomic E-state index is 0.790. The predicted molar refractivity (Wildman–Crippen MR) is 273 cm³/mol. The van der Waals surface area contributed by atoms with Gasteiger partial charge in [-0.1, -0.05) is 37.8 Å². The van der Waals surface area contributed by atoms with Gasteiger partial charge >= 0.3 is 0 Å². The second kappa shape index (κ2) is 10.4. The first-order valence-electron chi connectivity index (χ1n) is 34.5. The van der Waals surface area contributed by atoms with Gasteiger partial charge in [-0.15, -0.1) is 0 Å². The van der Waals surface area contributed by atoms with Crippen molar-refractivity contribution in [1.29, 1.82) is 0 Å². The standard InChI is InChI=1S/C70H86S/c1-3-5-18-14-29-32(18)43-38(29)48-47-37-28-16-26-25(15-27(26)28)19-10-21(11-19)34-67(22-12-20(13-22)33(37)44(47)53(43)48)70(8-9-71)68(34)66-64-62-60-57-50-40-31(42(50)52(57)61(60)63(62)65(64)69(66)70)17(2)30-39(40)49-41(30)51-56(49)59-55-46-36-24-7-4-6-23(24)35(36)45(46)54(55)58(51)59/h17-22,25-69,71H,3-16H2,1-2H3. The van der Waals surface area contributed by atoms with Gasteiger partial charge in [-0.2, -0.15) is 12.6 Å². The number of fused-ring (bicyclic) bond motifs is 54. The molecule has 30 aliphatic carbocycles. The van der Waals surface area contributed by atoms with Crippen molar-refractivity contribution in [2.75, 3.05) is 5.75 Å². The Kier molecular flexibility index (Phi) is 5.44. The van der Waals surface area contributed by atoms with Gasteiger partial charge in [0, 0.05) is 0 Å². The fraction of sp³-hybridized carbons (Fsp3) is 0.971. The van der Waals surface area contributed by atoms with Gasteiger partial charge in [-0.05, 0) is 384 Å². The molecule has 0 aromatic carbocycles. The zero-order chi connectivity index (χ0) is 44.0. The van der Waals surface area contributed by atoms with E-state index in [0.29, 0.717) is 0 Å². The first kappa shape index (κ1) is 37.0. The zero-order valence-electron chi connectivity index (χ0n) is 43.3. The van der Waals surface area contributed by atoms with Crippen molar-refractivity contribution in [2.24, 2.45) is 307 Å². The summed E-state index contributed by atoms with van der Waals surface area (Å²) < 4.78 is 0. The van der Waals surface area contributed by atoms with Gasteiger partial charge in [0.25, 0.3) is 0 Å². The van der Waals surface area contributed by atoms with Gasteiger partial charge in [0.05, 0.1) is 0 Å². The lowest BCUT2D eigenvalue weighted by molar-refractivity contribution is -0.515. The molecule has 0 aliphatic heterocycles. The minimum Gasteiger partial charge on any atom is -0.179 e. The molecule has 0 aromatic rings. The van der Waals surface area contributed by atoms with Crippen LogP contribution in [0.5, 0.6) is 0 Å². The van der Waals surface area contributed by atoms with Gasteiger partial charge in [0.1, 0.15) is 0 Å². The maximum absolute atomic E-state index is 5.31. The Hall–Kier alpha value is 0.0900. The summed E-state index contributed by atoms with van der Waals surface area (Å²) in [7, 11) is 0. The van der Waals surface area contributed by atoms with Crippen LogP contribution in [0.1, 0.15) is 97.3 Å². The van der Waals surface area contributed by atoms with Crippen LogP contribution in [0.3, 0.4) is 0 Å². The van der Waals surface area contributed by atoms with Crippen molar-refractivity contribution < 1.29 is 0 Å². The quantitative estimate of drug-likeness (QED) is 0.162. The lowest BCUT2D eigenvalue weighted by Gasteiger charge is -2.98. The van der Waals surface area contributed by atoms with Crippen LogP contribution < -0.4 is 0 Å². The van der Waals surface area contributed by atoms with Crippen molar-refractivity contribution in [3.05, 3.63) is 11.1 Å². The third-order valence-electron chi connectivity index (χ3n) is 39.6. The third kappa shape index (κ3) is 2.89. The highest BCUT2D eigenvalue weighted by atomic mass is 32.1. The van der Waals surface area contributed by atoms with Crippen molar-refractivity contribution in [2.45, 2.75) is 97.3 Å². The van der Waals surface area contributed by atoms with Crippen LogP contribution in [0, 0.1) is 307 Å². The molecule has 0 saturated heterocycles. The normalized spacial score (nSPS) is 85.5. The molecule has 28 fully saturated rings. The van der Waals surface area contributed by atoms with Gasteiger partial charge in [0.15, 0.2) is 0 Å². The van der Waals surface area contributed by atoms with E-state index in [1.165, 1.54) is 304 Å². The Morgan fingerprint density at radius 2 is 0.817 bits per heavy atom. The molecule has 372 valence electrons. The average Bonchev–Trinajstić information content (AvgIpc) is 3.77. The molecule has 0 nitrogen and oxygen atoms in total. The van der Waals surface area contributed by atoms with Crippen LogP contribution in [0.25, 0.3) is 0 Å². The summed E-state index contributed by atoms with van der Waals surface area (Å²) in [6.45, 7) is 5.40. The summed E-state index contributed by atoms with van der Waals surface area (Å²) >= 11 is 5.31. The highest BCUT2D eigenvalue weighted by molar-refractivity contribution is 7.80. The van der Waals surface area contributed by atoms with E-state index in [1.807, 2.05) is 0 Å². The summed E-state index contributed by atoms with van der Waals surface area (Å²) in [6, 6.07) is 0. The van der Waals surface area contributed by atoms with Gasteiger partial charge in [0.2, 0.25) is 0 Å². The average molecular weight is 960 g/mol. The van der Waals surface area contributed by atoms with Crippen LogP contribution in [-0.2, 0) is 0 Å². The molecule has 30 rings (SSSR count). The summed E-state index contributed by atoms with van der Waals surface area (Å²) in [5, 5.41) is 0. The summed E-state index contributed by atoms with van der Waals surface area (Å²) in [6.07, 6.45) is 21.3. The van der Waals surface area contributed by atoms with Crippen LogP contribution in [0.2, 0.25) is 0 Å². The highest BCUT2D eigenvalue weighted by Crippen LogP contribution is 3.01. The highest BCUT2D eigenvalue weighted by Gasteiger charge is 2.98. The van der Waals surface area contributed by atoms with Gasteiger partial charge in [-0.25, -0.2) is 0 Å². The zero-order valence-corrected chi connectivity index (χ0v) is 44.2. The Bertz CT molecular complexity index is 2760. The fourth-order valence-electron chi connectivity index (χ4n) is 39.7. The van der Waals surface area contributed by atoms with E-state index in [0.717, 1.165) is 35.0 Å². The monoisotopic (exact) mass is 959 g/mol. The maximum atomic E-state index is 5.31. The molecule has 0 radical (unpaired) electrons. The second-order valence-electron chi connectivity index (χ2n) is 36.7. The van der Waals surface area contributed by atoms with Crippen molar-refractivity contribution in [3.63, 3.8) is 0 Å². The predicted octanol–water partition coefficient (Wildman–Crippen LogP) is 13.1. The van der Waals surface area contributed by atoms with E-state index in [1.54, 1.807) is 57.8 Å². The number of rotatable bonds is 4. The van der Waals surface area contributed by atoms with Crippen LogP contribution >= 0.6 is 12.6 Å². The van der Waals surface area contributed by atoms with E-state index in [9.17, 15) is 0 Å². The van der Waals surface area contributed by atoms with E-state index < -0.39 is 0 Å². The molecule has 8 bridgehead atoms.